The molecule has 2 rings (SSSR count). The molecule has 0 aromatic heterocycles. The number of rotatable bonds is 4. The monoisotopic (exact) mass is 405 g/mol. The van der Waals surface area contributed by atoms with Crippen molar-refractivity contribution < 1.29 is 24.0 Å². The lowest BCUT2D eigenvalue weighted by molar-refractivity contribution is -0.297. The van der Waals surface area contributed by atoms with E-state index in [1.165, 1.54) is 11.7 Å². The molecule has 8 heteroatoms. The highest BCUT2D eigenvalue weighted by atomic mass is 31.2. The van der Waals surface area contributed by atoms with Crippen LogP contribution < -0.4 is 0 Å². The molecule has 1 unspecified atom stereocenters. The summed E-state index contributed by atoms with van der Waals surface area (Å²) in [5.74, 6) is 0. The summed E-state index contributed by atoms with van der Waals surface area (Å²) >= 11 is 0. The van der Waals surface area contributed by atoms with Gasteiger partial charge in [0.05, 0.1) is 12.2 Å². The summed E-state index contributed by atoms with van der Waals surface area (Å²) < 4.78 is 25.1. The van der Waals surface area contributed by atoms with E-state index in [-0.39, 0.29) is 12.2 Å². The molecule has 1 atom stereocenters. The van der Waals surface area contributed by atoms with Crippen LogP contribution in [-0.2, 0) is 18.8 Å². The topological polar surface area (TPSA) is 82.1 Å². The summed E-state index contributed by atoms with van der Waals surface area (Å²) in [5.41, 5.74) is -2.13. The van der Waals surface area contributed by atoms with Gasteiger partial charge in [-0.25, -0.2) is 0 Å². The van der Waals surface area contributed by atoms with Crippen LogP contribution in [0, 0.1) is 0 Å². The maximum absolute atomic E-state index is 13.1. The second kappa shape index (κ2) is 7.05. The molecule has 2 aliphatic heterocycles. The normalized spacial score (nSPS) is 29.7. The van der Waals surface area contributed by atoms with Gasteiger partial charge in [-0.1, -0.05) is 0 Å². The van der Waals surface area contributed by atoms with Crippen LogP contribution in [0.25, 0.3) is 0 Å². The van der Waals surface area contributed by atoms with Gasteiger partial charge in [0, 0.05) is 28.8 Å². The van der Waals surface area contributed by atoms with Crippen LogP contribution in [0.2, 0.25) is 0 Å². The fourth-order valence-corrected chi connectivity index (χ4v) is 6.50. The van der Waals surface area contributed by atoms with E-state index >= 15 is 0 Å². The van der Waals surface area contributed by atoms with Crippen LogP contribution in [0.1, 0.15) is 81.1 Å². The molecule has 2 aliphatic rings. The molecule has 159 valence electrons. The summed E-state index contributed by atoms with van der Waals surface area (Å²) in [4.78, 5) is 0. The van der Waals surface area contributed by atoms with Gasteiger partial charge >= 0.3 is 7.60 Å². The van der Waals surface area contributed by atoms with E-state index in [1.807, 2.05) is 55.4 Å². The van der Waals surface area contributed by atoms with Crippen molar-refractivity contribution in [1.29, 1.82) is 0 Å². The van der Waals surface area contributed by atoms with E-state index in [1.54, 1.807) is 0 Å². The maximum atomic E-state index is 13.1. The minimum Gasteiger partial charge on any atom is -0.313 e. The second-order valence-electron chi connectivity index (χ2n) is 10.9. The van der Waals surface area contributed by atoms with Crippen molar-refractivity contribution in [1.82, 2.24) is 10.1 Å². The molecule has 0 saturated carbocycles. The summed E-state index contributed by atoms with van der Waals surface area (Å²) in [6.07, 6.45) is 1.57. The zero-order valence-corrected chi connectivity index (χ0v) is 19.3. The Morgan fingerprint density at radius 3 is 1.41 bits per heavy atom. The zero-order valence-electron chi connectivity index (χ0n) is 18.4. The van der Waals surface area contributed by atoms with E-state index in [0.717, 1.165) is 5.06 Å². The van der Waals surface area contributed by atoms with Crippen LogP contribution in [0.5, 0.6) is 0 Å². The first-order valence-corrected chi connectivity index (χ1v) is 11.8. The molecule has 0 amide bonds. The Kier molecular flexibility index (Phi) is 6.07. The largest absolute Gasteiger partial charge is 0.328 e. The summed E-state index contributed by atoms with van der Waals surface area (Å²) in [5, 5.41) is 25.4. The molecule has 0 aromatic carbocycles. The van der Waals surface area contributed by atoms with Crippen molar-refractivity contribution in [2.24, 2.45) is 0 Å². The van der Waals surface area contributed by atoms with Gasteiger partial charge in [-0.15, -0.1) is 10.3 Å². The Labute approximate surface area is 164 Å². The molecule has 0 aliphatic carbocycles. The third kappa shape index (κ3) is 5.13. The molecule has 0 aromatic rings. The highest BCUT2D eigenvalue weighted by molar-refractivity contribution is 7.53. The Morgan fingerprint density at radius 1 is 0.778 bits per heavy atom. The maximum Gasteiger partial charge on any atom is 0.328 e. The first-order chi connectivity index (χ1) is 11.9. The molecule has 27 heavy (non-hydrogen) atoms. The van der Waals surface area contributed by atoms with Crippen LogP contribution in [0.3, 0.4) is 0 Å². The first kappa shape index (κ1) is 23.3. The number of piperidine rings is 2. The Hall–Kier alpha value is -0.0100. The molecule has 2 saturated heterocycles. The Bertz CT molecular complexity index is 521. The molecule has 2 fully saturated rings. The van der Waals surface area contributed by atoms with Crippen molar-refractivity contribution in [3.8, 4) is 0 Å². The van der Waals surface area contributed by atoms with Crippen molar-refractivity contribution in [2.75, 3.05) is 6.66 Å². The van der Waals surface area contributed by atoms with Gasteiger partial charge in [-0.3, -0.25) is 4.57 Å². The summed E-state index contributed by atoms with van der Waals surface area (Å²) in [6.45, 7) is 16.9. The van der Waals surface area contributed by atoms with Gasteiger partial charge in [0.25, 0.3) is 0 Å². The van der Waals surface area contributed by atoms with Crippen LogP contribution >= 0.6 is 7.60 Å². The fourth-order valence-electron chi connectivity index (χ4n) is 5.07. The molecular weight excluding hydrogens is 367 g/mol. The first-order valence-electron chi connectivity index (χ1n) is 9.79. The standard InChI is InChI=1S/C19H38N2O5P/c1-16(2)10-14(11-17(3,4)20(16)22)25-27(9,24)26-15-12-18(5,6)21(23)19(7,8)13-15/h14-15,22H,10-13H2,1-9H3. The molecule has 0 spiro atoms. The molecule has 0 bridgehead atoms. The number of nitrogens with zero attached hydrogens (tertiary/aromatic N) is 2. The SMILES string of the molecule is CC1(C)CC(OP(C)(=O)OC2CC(C)(C)N(O)C(C)(C)C2)CC(C)(C)N1[O]. The fraction of sp³-hybridized carbons (Fsp3) is 1.00. The molecular formula is C19H38N2O5P. The molecule has 1 N–H and O–H groups in total. The van der Waals surface area contributed by atoms with E-state index in [9.17, 15) is 15.0 Å². The Balaban J connectivity index is 2.08. The highest BCUT2D eigenvalue weighted by Crippen LogP contribution is 2.53. The molecule has 7 nitrogen and oxygen atoms in total. The van der Waals surface area contributed by atoms with Crippen LogP contribution in [0.4, 0.5) is 0 Å². The second-order valence-corrected chi connectivity index (χ2v) is 12.9. The summed E-state index contributed by atoms with van der Waals surface area (Å²) in [6, 6.07) is 0. The quantitative estimate of drug-likeness (QED) is 0.687. The highest BCUT2D eigenvalue weighted by Gasteiger charge is 2.50. The van der Waals surface area contributed by atoms with Crippen molar-refractivity contribution >= 4 is 7.60 Å². The van der Waals surface area contributed by atoms with Gasteiger partial charge in [0.15, 0.2) is 0 Å². The van der Waals surface area contributed by atoms with E-state index in [4.69, 9.17) is 9.05 Å². The predicted octanol–water partition coefficient (Wildman–Crippen LogP) is 4.62. The lowest BCUT2D eigenvalue weighted by atomic mass is 9.80. The molecule has 2 heterocycles. The summed E-state index contributed by atoms with van der Waals surface area (Å²) in [7, 11) is -3.32. The lowest BCUT2D eigenvalue weighted by Crippen LogP contribution is -2.60. The number of hydrogen-bond acceptors (Lipinski definition) is 6. The van der Waals surface area contributed by atoms with Crippen molar-refractivity contribution in [3.05, 3.63) is 0 Å². The van der Waals surface area contributed by atoms with Gasteiger partial charge in [-0.05, 0) is 81.1 Å². The van der Waals surface area contributed by atoms with Gasteiger partial charge in [0.1, 0.15) is 0 Å². The average Bonchev–Trinajstić information content (AvgIpc) is 2.39. The number of hydrogen-bond donors (Lipinski definition) is 1. The minimum atomic E-state index is -3.32. The minimum absolute atomic E-state index is 0.269. The third-order valence-electron chi connectivity index (χ3n) is 5.84. The smallest absolute Gasteiger partial charge is 0.313 e. The van der Waals surface area contributed by atoms with E-state index in [2.05, 4.69) is 0 Å². The van der Waals surface area contributed by atoms with Gasteiger partial charge in [0.2, 0.25) is 0 Å². The lowest BCUT2D eigenvalue weighted by Gasteiger charge is -2.52. The number of hydroxylamine groups is 4. The van der Waals surface area contributed by atoms with Crippen molar-refractivity contribution in [3.63, 3.8) is 0 Å². The van der Waals surface area contributed by atoms with Crippen LogP contribution in [-0.4, -0.2) is 56.4 Å². The molecule has 1 radical (unpaired) electrons. The van der Waals surface area contributed by atoms with E-state index in [0.29, 0.717) is 25.7 Å². The van der Waals surface area contributed by atoms with E-state index < -0.39 is 29.8 Å². The third-order valence-corrected chi connectivity index (χ3v) is 7.20. The Morgan fingerprint density at radius 2 is 1.07 bits per heavy atom. The average molecular weight is 405 g/mol. The van der Waals surface area contributed by atoms with Crippen molar-refractivity contribution in [2.45, 2.75) is 115 Å². The van der Waals surface area contributed by atoms with Gasteiger partial charge in [-0.2, -0.15) is 5.06 Å². The van der Waals surface area contributed by atoms with Gasteiger partial charge < -0.3 is 14.3 Å². The predicted molar refractivity (Wildman–Crippen MR) is 104 cm³/mol. The zero-order chi connectivity index (χ0) is 21.1. The van der Waals surface area contributed by atoms with Crippen LogP contribution in [0.15, 0.2) is 0 Å².